The molecule has 0 radical (unpaired) electrons. The minimum Gasteiger partial charge on any atom is -0.609 e. The summed E-state index contributed by atoms with van der Waals surface area (Å²) in [6.07, 6.45) is -2.87. The van der Waals surface area contributed by atoms with Crippen molar-refractivity contribution in [2.45, 2.75) is 22.3 Å². The zero-order valence-electron chi connectivity index (χ0n) is 14.0. The molecule has 148 valence electrons. The van der Waals surface area contributed by atoms with Gasteiger partial charge in [0.05, 0.1) is 23.8 Å². The number of aromatic amines is 1. The number of nitrogens with zero attached hydrogens (tertiary/aromatic N) is 2. The summed E-state index contributed by atoms with van der Waals surface area (Å²) >= 11 is 3.43. The number of fused-ring (bicyclic) bond motifs is 2. The first kappa shape index (κ1) is 19.0. The highest BCUT2D eigenvalue weighted by Gasteiger charge is 2.63. The first-order valence-electron chi connectivity index (χ1n) is 7.73. The number of imidazole rings is 1. The quantitative estimate of drug-likeness (QED) is 0.500. The van der Waals surface area contributed by atoms with Crippen molar-refractivity contribution < 1.29 is 31.9 Å². The summed E-state index contributed by atoms with van der Waals surface area (Å²) in [7, 11) is 1.50. The normalized spacial score (nSPS) is 21.5. The smallest absolute Gasteiger partial charge is 0.488 e. The number of H-pyrrole nitrogens is 1. The number of alkyl halides is 4. The number of halogens is 4. The predicted octanol–water partition coefficient (Wildman–Crippen LogP) is 3.50. The second kappa shape index (κ2) is 6.61. The topological polar surface area (TPSA) is 92.3 Å². The number of hydrogen-bond acceptors (Lipinski definition) is 6. The molecule has 3 heterocycles. The van der Waals surface area contributed by atoms with Gasteiger partial charge in [0.25, 0.3) is 0 Å². The number of hydrogen-bond donors (Lipinski definition) is 1. The molecule has 28 heavy (non-hydrogen) atoms. The molecule has 0 amide bonds. The van der Waals surface area contributed by atoms with Crippen LogP contribution >= 0.6 is 11.6 Å². The standard InChI is InChI=1S/C16H11ClF3N3O4S/c1-25-9-2-3-21-8(4-9)7-28(24)14-22-10-5-12-13(6-11(10)23-14)27-16(19,20)15(17,18)26-12/h2-6H,7H2,1H3,(H,22,23). The van der Waals surface area contributed by atoms with Crippen molar-refractivity contribution in [2.24, 2.45) is 0 Å². The monoisotopic (exact) mass is 433 g/mol. The summed E-state index contributed by atoms with van der Waals surface area (Å²) in [5.74, 6) is -0.182. The summed E-state index contributed by atoms with van der Waals surface area (Å²) in [4.78, 5) is 11.0. The lowest BCUT2D eigenvalue weighted by Crippen LogP contribution is -2.51. The van der Waals surface area contributed by atoms with Gasteiger partial charge in [-0.05, 0) is 17.7 Å². The van der Waals surface area contributed by atoms with Crippen LogP contribution in [0.25, 0.3) is 11.0 Å². The van der Waals surface area contributed by atoms with E-state index in [1.165, 1.54) is 13.3 Å². The Morgan fingerprint density at radius 2 is 2.00 bits per heavy atom. The van der Waals surface area contributed by atoms with E-state index in [2.05, 4.69) is 24.4 Å². The van der Waals surface area contributed by atoms with Crippen LogP contribution in [0, 0.1) is 0 Å². The molecule has 1 aliphatic heterocycles. The molecule has 12 heteroatoms. The zero-order valence-corrected chi connectivity index (χ0v) is 15.6. The number of benzene rings is 1. The van der Waals surface area contributed by atoms with E-state index < -0.39 is 28.3 Å². The molecule has 0 fully saturated rings. The molecular weight excluding hydrogens is 423 g/mol. The summed E-state index contributed by atoms with van der Waals surface area (Å²) in [6.45, 7) is 0. The van der Waals surface area contributed by atoms with Gasteiger partial charge in [-0.2, -0.15) is 18.2 Å². The van der Waals surface area contributed by atoms with Crippen LogP contribution in [-0.2, 0) is 16.9 Å². The Morgan fingerprint density at radius 1 is 1.25 bits per heavy atom. The van der Waals surface area contributed by atoms with Gasteiger partial charge in [-0.3, -0.25) is 9.97 Å². The molecule has 4 rings (SSSR count). The molecule has 7 nitrogen and oxygen atoms in total. The van der Waals surface area contributed by atoms with Gasteiger partial charge < -0.3 is 18.8 Å². The van der Waals surface area contributed by atoms with Crippen molar-refractivity contribution in [2.75, 3.05) is 7.11 Å². The van der Waals surface area contributed by atoms with Crippen molar-refractivity contribution in [1.29, 1.82) is 0 Å². The van der Waals surface area contributed by atoms with E-state index in [0.29, 0.717) is 11.4 Å². The van der Waals surface area contributed by atoms with E-state index >= 15 is 0 Å². The highest BCUT2D eigenvalue weighted by Crippen LogP contribution is 2.49. The van der Waals surface area contributed by atoms with Crippen LogP contribution in [0.4, 0.5) is 13.2 Å². The maximum atomic E-state index is 13.7. The number of nitrogens with one attached hydrogen (secondary N) is 1. The van der Waals surface area contributed by atoms with Crippen molar-refractivity contribution >= 4 is 33.8 Å². The first-order chi connectivity index (χ1) is 13.2. The van der Waals surface area contributed by atoms with Gasteiger partial charge in [-0.25, -0.2) is 0 Å². The van der Waals surface area contributed by atoms with Crippen molar-refractivity contribution in [3.05, 3.63) is 36.2 Å². The summed E-state index contributed by atoms with van der Waals surface area (Å²) < 4.78 is 67.3. The number of rotatable bonds is 4. The fourth-order valence-corrected chi connectivity index (χ4v) is 3.63. The number of pyridine rings is 1. The number of aromatic nitrogens is 3. The molecule has 0 bridgehead atoms. The van der Waals surface area contributed by atoms with E-state index in [9.17, 15) is 17.7 Å². The molecule has 0 saturated heterocycles. The van der Waals surface area contributed by atoms with Crippen LogP contribution in [0.5, 0.6) is 17.2 Å². The third kappa shape index (κ3) is 3.29. The summed E-state index contributed by atoms with van der Waals surface area (Å²) in [5, 5.41) is -3.78. The lowest BCUT2D eigenvalue weighted by molar-refractivity contribution is -0.303. The molecule has 1 N–H and O–H groups in total. The van der Waals surface area contributed by atoms with Crippen molar-refractivity contribution in [3.63, 3.8) is 0 Å². The fraction of sp³-hybridized carbons (Fsp3) is 0.250. The average molecular weight is 434 g/mol. The largest absolute Gasteiger partial charge is 0.609 e. The second-order valence-corrected chi connectivity index (χ2v) is 7.63. The third-order valence-electron chi connectivity index (χ3n) is 3.86. The minimum atomic E-state index is -4.39. The number of ether oxygens (including phenoxy) is 3. The van der Waals surface area contributed by atoms with Gasteiger partial charge in [0.15, 0.2) is 17.3 Å². The van der Waals surface area contributed by atoms with Gasteiger partial charge in [-0.15, -0.1) is 0 Å². The van der Waals surface area contributed by atoms with Crippen LogP contribution < -0.4 is 14.2 Å². The average Bonchev–Trinajstić information content (AvgIpc) is 3.03. The van der Waals surface area contributed by atoms with E-state index in [4.69, 9.17) is 16.3 Å². The number of methoxy groups -OCH3 is 1. The molecular formula is C16H11ClF3N3O4S. The zero-order chi connectivity index (χ0) is 20.1. The Kier molecular flexibility index (Phi) is 4.47. The summed E-state index contributed by atoms with van der Waals surface area (Å²) in [5.41, 5.74) is 0.969. The Hall–Kier alpha value is -2.37. The lowest BCUT2D eigenvalue weighted by Gasteiger charge is -2.33. The minimum absolute atomic E-state index is 0.0388. The molecule has 3 aromatic rings. The van der Waals surface area contributed by atoms with Crippen molar-refractivity contribution in [1.82, 2.24) is 15.0 Å². The predicted molar refractivity (Wildman–Crippen MR) is 92.9 cm³/mol. The van der Waals surface area contributed by atoms with E-state index in [-0.39, 0.29) is 27.7 Å². The Balaban J connectivity index is 1.63. The van der Waals surface area contributed by atoms with Gasteiger partial charge >= 0.3 is 16.6 Å². The van der Waals surface area contributed by atoms with Gasteiger partial charge in [0.2, 0.25) is 0 Å². The molecule has 2 aromatic heterocycles. The van der Waals surface area contributed by atoms with Gasteiger partial charge in [0.1, 0.15) is 5.75 Å². The van der Waals surface area contributed by atoms with E-state index in [1.54, 1.807) is 12.1 Å². The molecule has 0 aliphatic carbocycles. The molecule has 1 aliphatic rings. The third-order valence-corrected chi connectivity index (χ3v) is 5.34. The second-order valence-electron chi connectivity index (χ2n) is 5.77. The van der Waals surface area contributed by atoms with Gasteiger partial charge in [0, 0.05) is 35.6 Å². The van der Waals surface area contributed by atoms with Gasteiger partial charge in [-0.1, -0.05) is 0 Å². The van der Waals surface area contributed by atoms with Crippen LogP contribution in [0.2, 0.25) is 0 Å². The highest BCUT2D eigenvalue weighted by atomic mass is 35.5. The van der Waals surface area contributed by atoms with E-state index in [0.717, 1.165) is 12.1 Å². The fourth-order valence-electron chi connectivity index (χ4n) is 2.52. The summed E-state index contributed by atoms with van der Waals surface area (Å²) in [6, 6.07) is 5.58. The first-order valence-corrected chi connectivity index (χ1v) is 9.43. The van der Waals surface area contributed by atoms with Crippen LogP contribution in [0.1, 0.15) is 5.69 Å². The highest BCUT2D eigenvalue weighted by molar-refractivity contribution is 7.90. The maximum Gasteiger partial charge on any atom is 0.488 e. The molecule has 0 saturated carbocycles. The lowest BCUT2D eigenvalue weighted by atomic mass is 10.2. The molecule has 2 unspecified atom stereocenters. The Labute approximate surface area is 164 Å². The van der Waals surface area contributed by atoms with Crippen LogP contribution in [0.15, 0.2) is 35.6 Å². The SMILES string of the molecule is COc1ccnc(C[S+]([O-])c2nc3cc4c(cc3[nH]2)OC(F)(F)C(F)(Cl)O4)c1. The molecule has 1 aromatic carbocycles. The Morgan fingerprint density at radius 3 is 2.75 bits per heavy atom. The van der Waals surface area contributed by atoms with E-state index in [1.807, 2.05) is 0 Å². The molecule has 0 spiro atoms. The van der Waals surface area contributed by atoms with Crippen LogP contribution in [0.3, 0.4) is 0 Å². The van der Waals surface area contributed by atoms with Crippen molar-refractivity contribution in [3.8, 4) is 17.2 Å². The Bertz CT molecular complexity index is 996. The molecule has 2 atom stereocenters. The maximum absolute atomic E-state index is 13.7. The van der Waals surface area contributed by atoms with Crippen LogP contribution in [-0.4, -0.2) is 38.0 Å².